The molecule has 216 valence electrons. The Kier molecular flexibility index (Phi) is 8.84. The van der Waals surface area contributed by atoms with Gasteiger partial charge in [0.15, 0.2) is 0 Å². The smallest absolute Gasteiger partial charge is 0.251 e. The van der Waals surface area contributed by atoms with E-state index >= 15 is 0 Å². The van der Waals surface area contributed by atoms with Gasteiger partial charge in [-0.05, 0) is 86.2 Å². The molecule has 0 saturated carbocycles. The van der Waals surface area contributed by atoms with Crippen LogP contribution < -0.4 is 20.1 Å². The van der Waals surface area contributed by atoms with Gasteiger partial charge in [0.25, 0.3) is 5.91 Å². The molecule has 1 aliphatic rings. The number of carbonyl (C=O) groups is 1. The Bertz CT molecular complexity index is 1550. The van der Waals surface area contributed by atoms with E-state index in [-0.39, 0.29) is 18.1 Å². The van der Waals surface area contributed by atoms with Crippen LogP contribution in [0.2, 0.25) is 0 Å². The number of carbonyl (C=O) groups excluding carboxylic acids is 1. The summed E-state index contributed by atoms with van der Waals surface area (Å²) in [7, 11) is 3.66. The van der Waals surface area contributed by atoms with Crippen molar-refractivity contribution in [2.75, 3.05) is 32.6 Å². The molecular weight excluding hydrogens is 536 g/mol. The molecule has 13 heteroatoms. The SMILES string of the molecule is COc1ccc(C(=O)NC2CCN(C)CC2)cc1Nc1ncc(-c2ccc(C#N)c(O[C@@H](C)Cn3cnnn3)c2)cn1. The van der Waals surface area contributed by atoms with Crippen LogP contribution in [0, 0.1) is 11.3 Å². The molecule has 0 unspecified atom stereocenters. The highest BCUT2D eigenvalue weighted by Gasteiger charge is 2.20. The van der Waals surface area contributed by atoms with Gasteiger partial charge in [-0.15, -0.1) is 5.10 Å². The number of methoxy groups -OCH3 is 1. The van der Waals surface area contributed by atoms with E-state index in [4.69, 9.17) is 9.47 Å². The van der Waals surface area contributed by atoms with Crippen LogP contribution in [0.15, 0.2) is 55.1 Å². The number of anilines is 2. The normalized spacial score (nSPS) is 14.5. The molecule has 5 rings (SSSR count). The predicted molar refractivity (Wildman–Crippen MR) is 154 cm³/mol. The summed E-state index contributed by atoms with van der Waals surface area (Å²) in [6.07, 6.45) is 6.43. The van der Waals surface area contributed by atoms with Crippen molar-refractivity contribution in [3.8, 4) is 28.7 Å². The highest BCUT2D eigenvalue weighted by Crippen LogP contribution is 2.30. The molecule has 0 spiro atoms. The molecular formula is C29H32N10O3. The number of tetrazole rings is 1. The monoisotopic (exact) mass is 568 g/mol. The van der Waals surface area contributed by atoms with Gasteiger partial charge in [0.05, 0.1) is 24.9 Å². The van der Waals surface area contributed by atoms with E-state index in [2.05, 4.69) is 54.1 Å². The Hall–Kier alpha value is -5.09. The van der Waals surface area contributed by atoms with Crippen molar-refractivity contribution in [2.45, 2.75) is 38.5 Å². The van der Waals surface area contributed by atoms with Crippen LogP contribution in [0.3, 0.4) is 0 Å². The number of hydrogen-bond acceptors (Lipinski definition) is 11. The second-order valence-electron chi connectivity index (χ2n) is 10.2. The number of ether oxygens (including phenoxy) is 2. The van der Waals surface area contributed by atoms with E-state index in [9.17, 15) is 10.1 Å². The van der Waals surface area contributed by atoms with Gasteiger partial charge in [0, 0.05) is 29.6 Å². The van der Waals surface area contributed by atoms with Gasteiger partial charge in [-0.3, -0.25) is 4.79 Å². The third-order valence-electron chi connectivity index (χ3n) is 7.01. The Morgan fingerprint density at radius 3 is 2.60 bits per heavy atom. The largest absolute Gasteiger partial charge is 0.495 e. The minimum atomic E-state index is -0.282. The Morgan fingerprint density at radius 1 is 1.12 bits per heavy atom. The fraction of sp³-hybridized carbons (Fsp3) is 0.345. The van der Waals surface area contributed by atoms with Crippen molar-refractivity contribution < 1.29 is 14.3 Å². The zero-order valence-electron chi connectivity index (χ0n) is 23.7. The fourth-order valence-electron chi connectivity index (χ4n) is 4.70. The number of aromatic nitrogens is 6. The summed E-state index contributed by atoms with van der Waals surface area (Å²) < 4.78 is 13.1. The fourth-order valence-corrected chi connectivity index (χ4v) is 4.70. The van der Waals surface area contributed by atoms with Crippen LogP contribution >= 0.6 is 0 Å². The number of rotatable bonds is 10. The summed E-state index contributed by atoms with van der Waals surface area (Å²) in [6, 6.07) is 12.9. The predicted octanol–water partition coefficient (Wildman–Crippen LogP) is 3.05. The molecule has 3 heterocycles. The third-order valence-corrected chi connectivity index (χ3v) is 7.01. The van der Waals surface area contributed by atoms with E-state index in [1.54, 1.807) is 54.5 Å². The first-order valence-electron chi connectivity index (χ1n) is 13.6. The summed E-state index contributed by atoms with van der Waals surface area (Å²) in [4.78, 5) is 24.2. The van der Waals surface area contributed by atoms with Gasteiger partial charge in [-0.1, -0.05) is 6.07 Å². The minimum absolute atomic E-state index is 0.127. The molecule has 2 aromatic carbocycles. The summed E-state index contributed by atoms with van der Waals surface area (Å²) >= 11 is 0. The third kappa shape index (κ3) is 6.97. The first-order chi connectivity index (χ1) is 20.4. The van der Waals surface area contributed by atoms with Gasteiger partial charge < -0.3 is 25.0 Å². The lowest BCUT2D eigenvalue weighted by atomic mass is 10.0. The van der Waals surface area contributed by atoms with Crippen molar-refractivity contribution in [1.82, 2.24) is 40.4 Å². The standard InChI is InChI=1S/C29H32N10O3/c1-19(17-39-18-33-36-37-39)42-27-13-20(4-5-22(27)14-30)23-15-31-29(32-16-23)35-25-12-21(6-7-26(25)41-3)28(40)34-24-8-10-38(2)11-9-24/h4-7,12-13,15-16,18-19,24H,8-11,17H2,1-3H3,(H,34,40)(H,31,32,35)/t19-/m0/s1. The molecule has 2 aromatic heterocycles. The van der Waals surface area contributed by atoms with Gasteiger partial charge in [0.2, 0.25) is 5.95 Å². The van der Waals surface area contributed by atoms with Gasteiger partial charge >= 0.3 is 0 Å². The van der Waals surface area contributed by atoms with Gasteiger partial charge in [-0.25, -0.2) is 14.6 Å². The maximum Gasteiger partial charge on any atom is 0.251 e. The average Bonchev–Trinajstić information content (AvgIpc) is 3.51. The number of benzene rings is 2. The Labute approximate surface area is 243 Å². The molecule has 2 N–H and O–H groups in total. The number of hydrogen-bond donors (Lipinski definition) is 2. The van der Waals surface area contributed by atoms with E-state index in [1.165, 1.54) is 6.33 Å². The highest BCUT2D eigenvalue weighted by molar-refractivity contribution is 5.96. The van der Waals surface area contributed by atoms with Crippen molar-refractivity contribution in [1.29, 1.82) is 5.26 Å². The molecule has 1 aliphatic heterocycles. The van der Waals surface area contributed by atoms with Crippen LogP contribution in [0.5, 0.6) is 11.5 Å². The number of amides is 1. The van der Waals surface area contributed by atoms with E-state index in [1.807, 2.05) is 13.0 Å². The van der Waals surface area contributed by atoms with Crippen molar-refractivity contribution in [3.05, 3.63) is 66.2 Å². The van der Waals surface area contributed by atoms with Crippen LogP contribution in [-0.2, 0) is 6.54 Å². The van der Waals surface area contributed by atoms with Crippen LogP contribution in [0.4, 0.5) is 11.6 Å². The number of nitrogens with one attached hydrogen (secondary N) is 2. The first-order valence-corrected chi connectivity index (χ1v) is 13.6. The van der Waals surface area contributed by atoms with Crippen LogP contribution in [0.25, 0.3) is 11.1 Å². The number of likely N-dealkylation sites (tertiary alicyclic amines) is 1. The molecule has 4 aromatic rings. The number of nitrogens with zero attached hydrogens (tertiary/aromatic N) is 8. The minimum Gasteiger partial charge on any atom is -0.495 e. The lowest BCUT2D eigenvalue weighted by molar-refractivity contribution is 0.0917. The second kappa shape index (κ2) is 13.0. The molecule has 0 bridgehead atoms. The van der Waals surface area contributed by atoms with Gasteiger partial charge in [-0.2, -0.15) is 5.26 Å². The molecule has 1 amide bonds. The number of piperidine rings is 1. The summed E-state index contributed by atoms with van der Waals surface area (Å²) in [5.74, 6) is 1.21. The lowest BCUT2D eigenvalue weighted by Gasteiger charge is -2.29. The Balaban J connectivity index is 1.28. The maximum atomic E-state index is 13.0. The maximum absolute atomic E-state index is 13.0. The summed E-state index contributed by atoms with van der Waals surface area (Å²) in [5, 5.41) is 27.0. The zero-order valence-corrected chi connectivity index (χ0v) is 23.7. The van der Waals surface area contributed by atoms with Gasteiger partial charge in [0.1, 0.15) is 30.0 Å². The molecule has 1 fully saturated rings. The summed E-state index contributed by atoms with van der Waals surface area (Å²) in [5.41, 5.74) is 3.03. The van der Waals surface area contributed by atoms with E-state index in [0.717, 1.165) is 37.1 Å². The zero-order chi connectivity index (χ0) is 29.5. The average molecular weight is 569 g/mol. The van der Waals surface area contributed by atoms with E-state index in [0.29, 0.717) is 40.8 Å². The molecule has 1 atom stereocenters. The molecule has 0 radical (unpaired) electrons. The van der Waals surface area contributed by atoms with E-state index < -0.39 is 0 Å². The van der Waals surface area contributed by atoms with Crippen molar-refractivity contribution >= 4 is 17.5 Å². The van der Waals surface area contributed by atoms with Crippen molar-refractivity contribution in [3.63, 3.8) is 0 Å². The molecule has 1 saturated heterocycles. The quantitative estimate of drug-likeness (QED) is 0.290. The number of nitriles is 1. The summed E-state index contributed by atoms with van der Waals surface area (Å²) in [6.45, 7) is 4.23. The molecule has 0 aliphatic carbocycles. The lowest BCUT2D eigenvalue weighted by Crippen LogP contribution is -2.43. The highest BCUT2D eigenvalue weighted by atomic mass is 16.5. The van der Waals surface area contributed by atoms with Crippen LogP contribution in [0.1, 0.15) is 35.7 Å². The molecule has 42 heavy (non-hydrogen) atoms. The van der Waals surface area contributed by atoms with Crippen molar-refractivity contribution in [2.24, 2.45) is 0 Å². The van der Waals surface area contributed by atoms with Crippen LogP contribution in [-0.4, -0.2) is 80.4 Å². The second-order valence-corrected chi connectivity index (χ2v) is 10.2. The first kappa shape index (κ1) is 28.4. The molecule has 13 nitrogen and oxygen atoms in total. The Morgan fingerprint density at radius 2 is 1.90 bits per heavy atom. The topological polar surface area (TPSA) is 156 Å².